The highest BCUT2D eigenvalue weighted by Crippen LogP contribution is 2.12. The van der Waals surface area contributed by atoms with Crippen molar-refractivity contribution in [2.75, 3.05) is 14.1 Å². The SMILES string of the molecule is CN(C)[CH]c1ccccc1[SH](=O)=O. The first-order valence-corrected chi connectivity index (χ1v) is 5.03. The van der Waals surface area contributed by atoms with E-state index in [1.54, 1.807) is 24.7 Å². The molecule has 0 atom stereocenters. The predicted octanol–water partition coefficient (Wildman–Crippen LogP) is 0.728. The van der Waals surface area contributed by atoms with E-state index in [4.69, 9.17) is 0 Å². The second-order valence-electron chi connectivity index (χ2n) is 2.91. The van der Waals surface area contributed by atoms with Crippen molar-refractivity contribution in [1.29, 1.82) is 0 Å². The Morgan fingerprint density at radius 2 is 1.85 bits per heavy atom. The first kappa shape index (κ1) is 10.2. The number of rotatable bonds is 3. The van der Waals surface area contributed by atoms with Crippen LogP contribution in [0, 0.1) is 6.54 Å². The van der Waals surface area contributed by atoms with Gasteiger partial charge in [-0.1, -0.05) is 18.2 Å². The number of thiol groups is 1. The molecule has 0 heterocycles. The number of hydrogen-bond acceptors (Lipinski definition) is 3. The van der Waals surface area contributed by atoms with E-state index in [0.29, 0.717) is 4.90 Å². The highest BCUT2D eigenvalue weighted by atomic mass is 32.2. The van der Waals surface area contributed by atoms with Gasteiger partial charge >= 0.3 is 0 Å². The van der Waals surface area contributed by atoms with Crippen molar-refractivity contribution in [2.45, 2.75) is 4.90 Å². The molecular weight excluding hydrogens is 186 g/mol. The third-order valence-corrected chi connectivity index (χ3v) is 2.33. The van der Waals surface area contributed by atoms with E-state index < -0.39 is 10.7 Å². The van der Waals surface area contributed by atoms with Crippen molar-refractivity contribution in [2.24, 2.45) is 0 Å². The lowest BCUT2D eigenvalue weighted by Gasteiger charge is -2.09. The molecule has 3 nitrogen and oxygen atoms in total. The van der Waals surface area contributed by atoms with Crippen molar-refractivity contribution in [3.8, 4) is 0 Å². The zero-order chi connectivity index (χ0) is 9.84. The van der Waals surface area contributed by atoms with Gasteiger partial charge in [0.1, 0.15) is 0 Å². The summed E-state index contributed by atoms with van der Waals surface area (Å²) in [7, 11) is 1.21. The Balaban J connectivity index is 3.05. The average molecular weight is 198 g/mol. The number of nitrogens with zero attached hydrogens (tertiary/aromatic N) is 1. The molecule has 0 saturated carbocycles. The molecule has 4 heteroatoms. The topological polar surface area (TPSA) is 37.4 Å². The van der Waals surface area contributed by atoms with E-state index in [9.17, 15) is 8.42 Å². The molecule has 1 radical (unpaired) electrons. The van der Waals surface area contributed by atoms with Gasteiger partial charge in [-0.3, -0.25) is 0 Å². The summed E-state index contributed by atoms with van der Waals surface area (Å²) >= 11 is 0. The molecule has 71 valence electrons. The fourth-order valence-electron chi connectivity index (χ4n) is 1.04. The molecule has 1 aromatic carbocycles. The fourth-order valence-corrected chi connectivity index (χ4v) is 1.59. The summed E-state index contributed by atoms with van der Waals surface area (Å²) in [5.74, 6) is 0. The van der Waals surface area contributed by atoms with Crippen LogP contribution in [0.3, 0.4) is 0 Å². The monoisotopic (exact) mass is 198 g/mol. The molecule has 13 heavy (non-hydrogen) atoms. The maximum absolute atomic E-state index is 10.8. The molecule has 0 spiro atoms. The molecule has 1 aromatic rings. The van der Waals surface area contributed by atoms with Crippen molar-refractivity contribution >= 4 is 10.7 Å². The van der Waals surface area contributed by atoms with Gasteiger partial charge in [0, 0.05) is 0 Å². The van der Waals surface area contributed by atoms with Crippen LogP contribution < -0.4 is 0 Å². The first-order chi connectivity index (χ1) is 6.11. The fraction of sp³-hybridized carbons (Fsp3) is 0.222. The maximum atomic E-state index is 10.8. The Bertz CT molecular complexity index is 350. The van der Waals surface area contributed by atoms with Gasteiger partial charge < -0.3 is 4.90 Å². The van der Waals surface area contributed by atoms with Crippen molar-refractivity contribution in [3.63, 3.8) is 0 Å². The lowest BCUT2D eigenvalue weighted by molar-refractivity contribution is 0.512. The van der Waals surface area contributed by atoms with Crippen LogP contribution in [0.4, 0.5) is 0 Å². The standard InChI is InChI=1S/C9H12NO2S/c1-10(2)7-8-5-3-4-6-9(8)13(11)12/h3-7,13H,1-2H3. The molecular formula is C9H12NO2S. The van der Waals surface area contributed by atoms with E-state index in [0.717, 1.165) is 5.56 Å². The first-order valence-electron chi connectivity index (χ1n) is 3.86. The summed E-state index contributed by atoms with van der Waals surface area (Å²) in [4.78, 5) is 2.18. The van der Waals surface area contributed by atoms with Gasteiger partial charge in [-0.15, -0.1) is 0 Å². The van der Waals surface area contributed by atoms with E-state index in [2.05, 4.69) is 0 Å². The van der Waals surface area contributed by atoms with E-state index in [1.165, 1.54) is 0 Å². The highest BCUT2D eigenvalue weighted by molar-refractivity contribution is 7.72. The minimum atomic E-state index is -2.50. The van der Waals surface area contributed by atoms with Crippen LogP contribution in [0.2, 0.25) is 0 Å². The molecule has 0 bridgehead atoms. The molecule has 1 rings (SSSR count). The van der Waals surface area contributed by atoms with Gasteiger partial charge in [0.2, 0.25) is 0 Å². The molecule has 0 fully saturated rings. The molecule has 0 aromatic heterocycles. The second kappa shape index (κ2) is 4.39. The molecule has 0 aliphatic rings. The van der Waals surface area contributed by atoms with Crippen LogP contribution in [0.15, 0.2) is 29.2 Å². The lowest BCUT2D eigenvalue weighted by Crippen LogP contribution is -2.09. The van der Waals surface area contributed by atoms with Crippen LogP contribution in [-0.2, 0) is 10.7 Å². The van der Waals surface area contributed by atoms with Gasteiger partial charge in [0.05, 0.1) is 11.4 Å². The quantitative estimate of drug-likeness (QED) is 0.727. The minimum Gasteiger partial charge on any atom is -0.301 e. The molecule has 0 aliphatic carbocycles. The van der Waals surface area contributed by atoms with E-state index >= 15 is 0 Å². The van der Waals surface area contributed by atoms with Crippen molar-refractivity contribution in [1.82, 2.24) is 4.90 Å². The van der Waals surface area contributed by atoms with Crippen molar-refractivity contribution < 1.29 is 8.42 Å². The van der Waals surface area contributed by atoms with Gasteiger partial charge in [-0.05, 0) is 25.7 Å². The van der Waals surface area contributed by atoms with Gasteiger partial charge in [0.15, 0.2) is 10.7 Å². The average Bonchev–Trinajstić information content (AvgIpc) is 2.03. The van der Waals surface area contributed by atoms with Crippen LogP contribution in [-0.4, -0.2) is 27.4 Å². The summed E-state index contributed by atoms with van der Waals surface area (Å²) in [5.41, 5.74) is 0.726. The zero-order valence-corrected chi connectivity index (χ0v) is 8.49. The number of benzene rings is 1. The molecule has 0 saturated heterocycles. The summed E-state index contributed by atoms with van der Waals surface area (Å²) in [6.07, 6.45) is 0. The third kappa shape index (κ3) is 2.82. The summed E-state index contributed by atoms with van der Waals surface area (Å²) in [6, 6.07) is 6.91. The third-order valence-electron chi connectivity index (χ3n) is 1.53. The molecule has 0 unspecified atom stereocenters. The smallest absolute Gasteiger partial charge is 0.168 e. The van der Waals surface area contributed by atoms with Crippen LogP contribution in [0.1, 0.15) is 5.56 Å². The Morgan fingerprint density at radius 1 is 1.23 bits per heavy atom. The van der Waals surface area contributed by atoms with E-state index in [1.807, 2.05) is 25.1 Å². The lowest BCUT2D eigenvalue weighted by atomic mass is 10.2. The Hall–Kier alpha value is -0.870. The highest BCUT2D eigenvalue weighted by Gasteiger charge is 2.04. The van der Waals surface area contributed by atoms with E-state index in [-0.39, 0.29) is 0 Å². The Labute approximate surface area is 79.9 Å². The van der Waals surface area contributed by atoms with Gasteiger partial charge in [-0.25, -0.2) is 8.42 Å². The Morgan fingerprint density at radius 3 is 2.38 bits per heavy atom. The molecule has 0 amide bonds. The molecule has 0 aliphatic heterocycles. The predicted molar refractivity (Wildman–Crippen MR) is 52.1 cm³/mol. The van der Waals surface area contributed by atoms with Crippen LogP contribution >= 0.6 is 0 Å². The number of hydrogen-bond donors (Lipinski definition) is 1. The summed E-state index contributed by atoms with van der Waals surface area (Å²) in [5, 5.41) is 0. The summed E-state index contributed by atoms with van der Waals surface area (Å²) < 4.78 is 21.6. The Kier molecular flexibility index (Phi) is 3.45. The normalized spacial score (nSPS) is 11.1. The van der Waals surface area contributed by atoms with Crippen LogP contribution in [0.25, 0.3) is 0 Å². The van der Waals surface area contributed by atoms with Crippen molar-refractivity contribution in [3.05, 3.63) is 36.4 Å². The zero-order valence-electron chi connectivity index (χ0n) is 7.60. The molecule has 0 N–H and O–H groups in total. The van der Waals surface area contributed by atoms with Crippen LogP contribution in [0.5, 0.6) is 0 Å². The van der Waals surface area contributed by atoms with Gasteiger partial charge in [0.25, 0.3) is 0 Å². The maximum Gasteiger partial charge on any atom is 0.168 e. The van der Waals surface area contributed by atoms with Gasteiger partial charge in [-0.2, -0.15) is 0 Å². The second-order valence-corrected chi connectivity index (χ2v) is 3.90. The minimum absolute atomic E-state index is 0.367. The summed E-state index contributed by atoms with van der Waals surface area (Å²) in [6.45, 7) is 1.78. The largest absolute Gasteiger partial charge is 0.301 e.